The van der Waals surface area contributed by atoms with Crippen molar-refractivity contribution in [2.45, 2.75) is 32.0 Å². The maximum absolute atomic E-state index is 13.4. The minimum Gasteiger partial charge on any atom is -0.345 e. The van der Waals surface area contributed by atoms with Crippen LogP contribution in [0.15, 0.2) is 24.0 Å². The van der Waals surface area contributed by atoms with Crippen LogP contribution in [0.1, 0.15) is 41.0 Å². The maximum Gasteiger partial charge on any atom is 0.418 e. The average Bonchev–Trinajstić information content (AvgIpc) is 3.24. The van der Waals surface area contributed by atoms with Crippen molar-refractivity contribution in [3.8, 4) is 0 Å². The molecule has 130 valence electrons. The Morgan fingerprint density at radius 2 is 2.08 bits per heavy atom. The molecule has 0 saturated carbocycles. The van der Waals surface area contributed by atoms with Crippen molar-refractivity contribution >= 4 is 11.3 Å². The predicted octanol–water partition coefficient (Wildman–Crippen LogP) is 3.45. The summed E-state index contributed by atoms with van der Waals surface area (Å²) in [6.45, 7) is 2.85. The molecule has 1 aliphatic heterocycles. The number of nitrogens with one attached hydrogen (secondary N) is 1. The second-order valence-electron chi connectivity index (χ2n) is 5.34. The van der Waals surface area contributed by atoms with Crippen molar-refractivity contribution in [1.82, 2.24) is 15.3 Å². The minimum absolute atomic E-state index is 0.224. The maximum atomic E-state index is 13.4. The van der Waals surface area contributed by atoms with Gasteiger partial charge < -0.3 is 14.8 Å². The zero-order valence-electron chi connectivity index (χ0n) is 12.8. The number of hydrogen-bond acceptors (Lipinski definition) is 6. The SMILES string of the molecule is CC(NCc1cncs1)c1cnc(C2OCCO2)c(C(F)(F)F)c1. The van der Waals surface area contributed by atoms with Gasteiger partial charge in [0.2, 0.25) is 6.29 Å². The molecule has 0 aromatic carbocycles. The molecule has 3 heterocycles. The first-order valence-electron chi connectivity index (χ1n) is 7.36. The second-order valence-corrected chi connectivity index (χ2v) is 6.31. The Balaban J connectivity index is 1.80. The summed E-state index contributed by atoms with van der Waals surface area (Å²) in [5, 5.41) is 3.17. The molecule has 0 radical (unpaired) electrons. The van der Waals surface area contributed by atoms with E-state index in [9.17, 15) is 13.2 Å². The van der Waals surface area contributed by atoms with Crippen LogP contribution in [-0.4, -0.2) is 23.2 Å². The van der Waals surface area contributed by atoms with Crippen LogP contribution in [0.25, 0.3) is 0 Å². The van der Waals surface area contributed by atoms with Gasteiger partial charge in [0.15, 0.2) is 0 Å². The summed E-state index contributed by atoms with van der Waals surface area (Å²) in [5.74, 6) is 0. The Kier molecular flexibility index (Phi) is 5.14. The third-order valence-corrected chi connectivity index (χ3v) is 4.44. The second kappa shape index (κ2) is 7.14. The van der Waals surface area contributed by atoms with E-state index in [1.807, 2.05) is 0 Å². The van der Waals surface area contributed by atoms with Crippen LogP contribution in [0, 0.1) is 0 Å². The summed E-state index contributed by atoms with van der Waals surface area (Å²) in [6, 6.07) is 0.817. The highest BCUT2D eigenvalue weighted by Gasteiger charge is 2.38. The highest BCUT2D eigenvalue weighted by Crippen LogP contribution is 2.37. The fraction of sp³-hybridized carbons (Fsp3) is 0.467. The van der Waals surface area contributed by atoms with Crippen LogP contribution in [0.5, 0.6) is 0 Å². The van der Waals surface area contributed by atoms with Crippen LogP contribution >= 0.6 is 11.3 Å². The van der Waals surface area contributed by atoms with E-state index in [1.165, 1.54) is 17.5 Å². The summed E-state index contributed by atoms with van der Waals surface area (Å²) in [4.78, 5) is 8.95. The van der Waals surface area contributed by atoms with Gasteiger partial charge >= 0.3 is 6.18 Å². The molecule has 9 heteroatoms. The van der Waals surface area contributed by atoms with Gasteiger partial charge in [-0.25, -0.2) is 0 Å². The van der Waals surface area contributed by atoms with E-state index in [2.05, 4.69) is 15.3 Å². The molecule has 5 nitrogen and oxygen atoms in total. The Morgan fingerprint density at radius 1 is 1.33 bits per heavy atom. The molecule has 0 spiro atoms. The lowest BCUT2D eigenvalue weighted by molar-refractivity contribution is -0.143. The van der Waals surface area contributed by atoms with Gasteiger partial charge in [-0.3, -0.25) is 9.97 Å². The van der Waals surface area contributed by atoms with Crippen molar-refractivity contribution in [2.75, 3.05) is 13.2 Å². The van der Waals surface area contributed by atoms with Gasteiger partial charge in [0, 0.05) is 29.9 Å². The predicted molar refractivity (Wildman–Crippen MR) is 81.3 cm³/mol. The Bertz CT molecular complexity index is 673. The normalized spacial score (nSPS) is 17.3. The standard InChI is InChI=1S/C15H16F3N3O2S/c1-9(20-7-11-6-19-8-24-11)10-4-12(15(16,17)18)13(21-5-10)14-22-2-3-23-14/h4-6,8-9,14,20H,2-3,7H2,1H3. The van der Waals surface area contributed by atoms with E-state index in [0.717, 1.165) is 10.9 Å². The molecular weight excluding hydrogens is 343 g/mol. The van der Waals surface area contributed by atoms with Gasteiger partial charge in [-0.1, -0.05) is 0 Å². The van der Waals surface area contributed by atoms with Gasteiger partial charge in [0.25, 0.3) is 0 Å². The molecular formula is C15H16F3N3O2S. The number of pyridine rings is 1. The number of alkyl halides is 3. The molecule has 2 aromatic rings. The molecule has 0 aliphatic carbocycles. The summed E-state index contributed by atoms with van der Waals surface area (Å²) >= 11 is 1.48. The molecule has 1 saturated heterocycles. The number of nitrogens with zero attached hydrogens (tertiary/aromatic N) is 2. The van der Waals surface area contributed by atoms with Gasteiger partial charge in [0.05, 0.1) is 24.3 Å². The molecule has 2 aromatic heterocycles. The lowest BCUT2D eigenvalue weighted by Crippen LogP contribution is -2.20. The molecule has 1 aliphatic rings. The number of halogens is 3. The number of thiazole rings is 1. The van der Waals surface area contributed by atoms with Gasteiger partial charge in [-0.2, -0.15) is 13.2 Å². The summed E-state index contributed by atoms with van der Waals surface area (Å²) in [6.07, 6.45) is -2.43. The first-order valence-corrected chi connectivity index (χ1v) is 8.24. The topological polar surface area (TPSA) is 56.3 Å². The molecule has 3 rings (SSSR count). The summed E-state index contributed by atoms with van der Waals surface area (Å²) < 4.78 is 50.5. The molecule has 0 amide bonds. The zero-order valence-corrected chi connectivity index (χ0v) is 13.7. The third-order valence-electron chi connectivity index (χ3n) is 3.66. The quantitative estimate of drug-likeness (QED) is 0.886. The van der Waals surface area contributed by atoms with Gasteiger partial charge in [-0.05, 0) is 18.6 Å². The smallest absolute Gasteiger partial charge is 0.345 e. The van der Waals surface area contributed by atoms with Crippen LogP contribution in [0.4, 0.5) is 13.2 Å². The lowest BCUT2D eigenvalue weighted by atomic mass is 10.1. The largest absolute Gasteiger partial charge is 0.418 e. The first-order chi connectivity index (χ1) is 11.4. The average molecular weight is 359 g/mol. The first kappa shape index (κ1) is 17.3. The van der Waals surface area contributed by atoms with Crippen molar-refractivity contribution in [3.05, 3.63) is 45.7 Å². The fourth-order valence-corrected chi connectivity index (χ4v) is 2.91. The van der Waals surface area contributed by atoms with Crippen LogP contribution < -0.4 is 5.32 Å². The molecule has 1 unspecified atom stereocenters. The monoisotopic (exact) mass is 359 g/mol. The van der Waals surface area contributed by atoms with E-state index < -0.39 is 18.0 Å². The van der Waals surface area contributed by atoms with Crippen molar-refractivity contribution in [1.29, 1.82) is 0 Å². The highest BCUT2D eigenvalue weighted by atomic mass is 32.1. The minimum atomic E-state index is -4.52. The highest BCUT2D eigenvalue weighted by molar-refractivity contribution is 7.09. The number of hydrogen-bond donors (Lipinski definition) is 1. The van der Waals surface area contributed by atoms with Crippen molar-refractivity contribution in [2.24, 2.45) is 0 Å². The van der Waals surface area contributed by atoms with E-state index in [1.54, 1.807) is 18.6 Å². The number of rotatable bonds is 5. The number of aromatic nitrogens is 2. The van der Waals surface area contributed by atoms with E-state index in [0.29, 0.717) is 12.1 Å². The third kappa shape index (κ3) is 3.92. The fourth-order valence-electron chi connectivity index (χ4n) is 2.36. The molecule has 1 fully saturated rings. The van der Waals surface area contributed by atoms with Gasteiger partial charge in [-0.15, -0.1) is 11.3 Å². The lowest BCUT2D eigenvalue weighted by Gasteiger charge is -2.19. The van der Waals surface area contributed by atoms with E-state index >= 15 is 0 Å². The molecule has 1 N–H and O–H groups in total. The molecule has 0 bridgehead atoms. The number of ether oxygens (including phenoxy) is 2. The van der Waals surface area contributed by atoms with Crippen molar-refractivity contribution in [3.63, 3.8) is 0 Å². The molecule has 24 heavy (non-hydrogen) atoms. The Morgan fingerprint density at radius 3 is 2.71 bits per heavy atom. The van der Waals surface area contributed by atoms with Crippen LogP contribution in [-0.2, 0) is 22.2 Å². The zero-order chi connectivity index (χ0) is 17.2. The van der Waals surface area contributed by atoms with Gasteiger partial charge in [0.1, 0.15) is 5.69 Å². The van der Waals surface area contributed by atoms with Crippen molar-refractivity contribution < 1.29 is 22.6 Å². The molecule has 1 atom stereocenters. The van der Waals surface area contributed by atoms with E-state index in [-0.39, 0.29) is 24.9 Å². The summed E-state index contributed by atoms with van der Waals surface area (Å²) in [7, 11) is 0. The van der Waals surface area contributed by atoms with Crippen LogP contribution in [0.2, 0.25) is 0 Å². The summed E-state index contributed by atoms with van der Waals surface area (Å²) in [5.41, 5.74) is 1.12. The van der Waals surface area contributed by atoms with E-state index in [4.69, 9.17) is 9.47 Å². The Hall–Kier alpha value is -1.55. The van der Waals surface area contributed by atoms with Crippen LogP contribution in [0.3, 0.4) is 0 Å². The Labute approximate surface area is 140 Å².